The zero-order chi connectivity index (χ0) is 31.4. The molecule has 0 saturated heterocycles. The lowest BCUT2D eigenvalue weighted by molar-refractivity contribution is -0.385. The van der Waals surface area contributed by atoms with E-state index >= 15 is 0 Å². The number of hydrogen-bond acceptors (Lipinski definition) is 13. The standard InChI is InChI=1S/C12H7FN4O4.C8H4FNO4.C4H5N3O/c1-16-10(14-5-15-16)4-9-11-7(12(18)21-9)2-6(13)3-8(11)17(19)20;9-4-1-5-6(3-14-8(5)11)7(2-4)10(12)13;1-7-4(2-8)5-3-6-7/h2-5H,1H3;1-2H,3H2;2-3H,1H3/b9-4-;;. The van der Waals surface area contributed by atoms with E-state index in [0.717, 1.165) is 24.3 Å². The Morgan fingerprint density at radius 1 is 0.860 bits per heavy atom. The van der Waals surface area contributed by atoms with Crippen molar-refractivity contribution in [1.29, 1.82) is 0 Å². The fourth-order valence-electron chi connectivity index (χ4n) is 3.76. The number of aldehydes is 1. The van der Waals surface area contributed by atoms with Crippen LogP contribution in [0.3, 0.4) is 0 Å². The molecule has 220 valence electrons. The van der Waals surface area contributed by atoms with Gasteiger partial charge in [-0.3, -0.25) is 25.0 Å². The van der Waals surface area contributed by atoms with Gasteiger partial charge in [0.15, 0.2) is 17.9 Å². The molecule has 0 spiro atoms. The molecule has 0 unspecified atom stereocenters. The number of rotatable bonds is 4. The first-order chi connectivity index (χ1) is 20.4. The summed E-state index contributed by atoms with van der Waals surface area (Å²) in [5, 5.41) is 29.0. The number of esters is 2. The number of ether oxygens (including phenoxy) is 2. The Morgan fingerprint density at radius 2 is 1.42 bits per heavy atom. The molecule has 2 aromatic heterocycles. The summed E-state index contributed by atoms with van der Waals surface area (Å²) in [6.45, 7) is -0.162. The van der Waals surface area contributed by atoms with E-state index in [1.807, 2.05) is 0 Å². The van der Waals surface area contributed by atoms with Crippen molar-refractivity contribution in [2.75, 3.05) is 0 Å². The van der Waals surface area contributed by atoms with Crippen molar-refractivity contribution in [2.24, 2.45) is 14.1 Å². The van der Waals surface area contributed by atoms with Gasteiger partial charge < -0.3 is 9.47 Å². The summed E-state index contributed by atoms with van der Waals surface area (Å²) >= 11 is 0. The molecule has 4 heterocycles. The van der Waals surface area contributed by atoms with Gasteiger partial charge in [-0.15, -0.1) is 0 Å². The quantitative estimate of drug-likeness (QED) is 0.143. The van der Waals surface area contributed by atoms with Crippen LogP contribution in [0.15, 0.2) is 36.9 Å². The zero-order valence-electron chi connectivity index (χ0n) is 21.8. The molecule has 0 atom stereocenters. The van der Waals surface area contributed by atoms with Crippen LogP contribution in [0.1, 0.15) is 48.3 Å². The number of fused-ring (bicyclic) bond motifs is 2. The number of carbonyl (C=O) groups excluding carboxylic acids is 3. The molecule has 4 aromatic rings. The molecule has 6 rings (SSSR count). The van der Waals surface area contributed by atoms with E-state index in [1.54, 1.807) is 14.1 Å². The second-order valence-corrected chi connectivity index (χ2v) is 8.39. The summed E-state index contributed by atoms with van der Waals surface area (Å²) in [5.41, 5.74) is -1.11. The number of cyclic esters (lactones) is 2. The van der Waals surface area contributed by atoms with Crippen molar-refractivity contribution in [2.45, 2.75) is 6.61 Å². The van der Waals surface area contributed by atoms with Crippen molar-refractivity contribution >= 4 is 41.4 Å². The van der Waals surface area contributed by atoms with Crippen LogP contribution in [0.2, 0.25) is 0 Å². The minimum atomic E-state index is -0.877. The molecular formula is C24H16F2N8O9. The number of carbonyl (C=O) groups is 3. The molecule has 0 radical (unpaired) electrons. The zero-order valence-corrected chi connectivity index (χ0v) is 21.8. The smallest absolute Gasteiger partial charge is 0.344 e. The van der Waals surface area contributed by atoms with E-state index in [4.69, 9.17) is 4.74 Å². The second-order valence-electron chi connectivity index (χ2n) is 8.39. The fraction of sp³-hybridized carbons (Fsp3) is 0.125. The number of nitrogens with zero attached hydrogens (tertiary/aromatic N) is 8. The number of aryl methyl sites for hydroxylation is 2. The molecular weight excluding hydrogens is 582 g/mol. The molecule has 0 N–H and O–H groups in total. The minimum Gasteiger partial charge on any atom is -0.457 e. The highest BCUT2D eigenvalue weighted by Gasteiger charge is 2.35. The number of benzene rings is 2. The van der Waals surface area contributed by atoms with Crippen LogP contribution >= 0.6 is 0 Å². The van der Waals surface area contributed by atoms with E-state index in [-0.39, 0.29) is 34.6 Å². The Hall–Kier alpha value is -6.27. The van der Waals surface area contributed by atoms with Gasteiger partial charge in [0.05, 0.1) is 38.7 Å². The average Bonchev–Trinajstić information content (AvgIpc) is 3.73. The van der Waals surface area contributed by atoms with Gasteiger partial charge in [0.25, 0.3) is 11.4 Å². The van der Waals surface area contributed by atoms with Gasteiger partial charge in [0.1, 0.15) is 42.2 Å². The fourth-order valence-corrected chi connectivity index (χ4v) is 3.76. The molecule has 0 aliphatic carbocycles. The summed E-state index contributed by atoms with van der Waals surface area (Å²) in [6.07, 6.45) is 4.61. The lowest BCUT2D eigenvalue weighted by Crippen LogP contribution is -1.98. The molecule has 17 nitrogen and oxygen atoms in total. The number of hydrogen-bond donors (Lipinski definition) is 0. The number of nitro groups is 2. The van der Waals surface area contributed by atoms with Crippen molar-refractivity contribution in [1.82, 2.24) is 29.5 Å². The van der Waals surface area contributed by atoms with Gasteiger partial charge in [0, 0.05) is 20.2 Å². The third-order valence-corrected chi connectivity index (χ3v) is 5.76. The highest BCUT2D eigenvalue weighted by Crippen LogP contribution is 2.38. The Morgan fingerprint density at radius 3 is 1.93 bits per heavy atom. The molecule has 0 bridgehead atoms. The normalized spacial score (nSPS) is 13.5. The van der Waals surface area contributed by atoms with Crippen molar-refractivity contribution in [3.8, 4) is 0 Å². The maximum atomic E-state index is 13.4. The van der Waals surface area contributed by atoms with Crippen LogP contribution in [0.4, 0.5) is 20.2 Å². The van der Waals surface area contributed by atoms with Gasteiger partial charge in [-0.05, 0) is 12.1 Å². The summed E-state index contributed by atoms with van der Waals surface area (Å²) in [5.74, 6) is -2.62. The van der Waals surface area contributed by atoms with Crippen molar-refractivity contribution in [3.63, 3.8) is 0 Å². The van der Waals surface area contributed by atoms with Crippen LogP contribution < -0.4 is 0 Å². The average molecular weight is 598 g/mol. The van der Waals surface area contributed by atoms with Crippen LogP contribution in [0.25, 0.3) is 11.8 Å². The van der Waals surface area contributed by atoms with Crippen molar-refractivity contribution in [3.05, 3.63) is 103 Å². The van der Waals surface area contributed by atoms with Crippen molar-refractivity contribution < 1.29 is 42.5 Å². The Labute approximate surface area is 237 Å². The first-order valence-corrected chi connectivity index (χ1v) is 11.6. The first-order valence-electron chi connectivity index (χ1n) is 11.6. The van der Waals surface area contributed by atoms with E-state index in [2.05, 4.69) is 24.9 Å². The van der Waals surface area contributed by atoms with Crippen LogP contribution in [0, 0.1) is 31.9 Å². The largest absolute Gasteiger partial charge is 0.457 e. The van der Waals surface area contributed by atoms with Gasteiger partial charge in [-0.2, -0.15) is 10.2 Å². The second kappa shape index (κ2) is 12.1. The maximum absolute atomic E-state index is 13.4. The summed E-state index contributed by atoms with van der Waals surface area (Å²) in [6, 6.07) is 3.37. The van der Waals surface area contributed by atoms with E-state index in [9.17, 15) is 43.4 Å². The van der Waals surface area contributed by atoms with E-state index in [1.165, 1.54) is 28.1 Å². The minimum absolute atomic E-state index is 0.0576. The Kier molecular flexibility index (Phi) is 8.35. The Bertz CT molecular complexity index is 1830. The van der Waals surface area contributed by atoms with Gasteiger partial charge >= 0.3 is 11.9 Å². The summed E-state index contributed by atoms with van der Waals surface area (Å²) in [7, 11) is 3.27. The number of nitro benzene ring substituents is 2. The molecule has 43 heavy (non-hydrogen) atoms. The molecule has 2 aliphatic heterocycles. The summed E-state index contributed by atoms with van der Waals surface area (Å²) in [4.78, 5) is 60.2. The van der Waals surface area contributed by atoms with E-state index in [0.29, 0.717) is 17.9 Å². The Balaban J connectivity index is 0.000000165. The monoisotopic (exact) mass is 598 g/mol. The SMILES string of the molecule is Cn1ncnc1/C=C1\OC(=O)c2cc(F)cc([N+](=O)[O-])c21.Cn1ncnc1C=O.O=C1OCc2c1cc(F)cc2[N+](=O)[O-]. The van der Waals surface area contributed by atoms with Crippen LogP contribution in [-0.4, -0.2) is 57.6 Å². The molecule has 19 heteroatoms. The number of halogens is 2. The highest BCUT2D eigenvalue weighted by molar-refractivity contribution is 6.07. The lowest BCUT2D eigenvalue weighted by Gasteiger charge is -2.00. The predicted molar refractivity (Wildman–Crippen MR) is 136 cm³/mol. The maximum Gasteiger partial charge on any atom is 0.344 e. The van der Waals surface area contributed by atoms with E-state index < -0.39 is 44.8 Å². The topological polar surface area (TPSA) is 217 Å². The number of aromatic nitrogens is 6. The lowest BCUT2D eigenvalue weighted by atomic mass is 10.1. The first kappa shape index (κ1) is 29.7. The predicted octanol–water partition coefficient (Wildman–Crippen LogP) is 2.56. The van der Waals surface area contributed by atoms with Gasteiger partial charge in [-0.1, -0.05) is 0 Å². The third-order valence-electron chi connectivity index (χ3n) is 5.76. The molecule has 2 aliphatic rings. The van der Waals surface area contributed by atoms with Gasteiger partial charge in [-0.25, -0.2) is 37.7 Å². The summed E-state index contributed by atoms with van der Waals surface area (Å²) < 4.78 is 38.6. The third kappa shape index (κ3) is 6.24. The molecule has 0 saturated carbocycles. The van der Waals surface area contributed by atoms with Crippen LogP contribution in [-0.2, 0) is 30.2 Å². The molecule has 0 fully saturated rings. The molecule has 0 amide bonds. The highest BCUT2D eigenvalue weighted by atomic mass is 19.1. The molecule has 2 aromatic carbocycles. The van der Waals surface area contributed by atoms with Crippen LogP contribution in [0.5, 0.6) is 0 Å². The van der Waals surface area contributed by atoms with Gasteiger partial charge in [0.2, 0.25) is 0 Å².